The summed E-state index contributed by atoms with van der Waals surface area (Å²) in [7, 11) is 4.19. The SMILES string of the molecule is CCCC/C=C\CCCCC(OC(=O)CCCCN(C)C)C(CCC/C=C\CCCCC)CCC/C=C\CCCCC. The second-order valence-electron chi connectivity index (χ2n) is 12.7. The van der Waals surface area contributed by atoms with E-state index in [4.69, 9.17) is 4.74 Å². The number of rotatable bonds is 31. The van der Waals surface area contributed by atoms with E-state index in [0.29, 0.717) is 12.3 Å². The highest BCUT2D eigenvalue weighted by Gasteiger charge is 2.24. The van der Waals surface area contributed by atoms with E-state index in [1.165, 1.54) is 89.9 Å². The van der Waals surface area contributed by atoms with Gasteiger partial charge in [-0.05, 0) is 136 Å². The Bertz CT molecular complexity index is 625. The third-order valence-electron chi connectivity index (χ3n) is 8.22. The lowest BCUT2D eigenvalue weighted by Crippen LogP contribution is -2.27. The highest BCUT2D eigenvalue weighted by Crippen LogP contribution is 2.27. The number of carbonyl (C=O) groups excluding carboxylic acids is 1. The van der Waals surface area contributed by atoms with Crippen LogP contribution in [0.5, 0.6) is 0 Å². The molecule has 0 spiro atoms. The third-order valence-corrected chi connectivity index (χ3v) is 8.22. The zero-order chi connectivity index (χ0) is 30.9. The van der Waals surface area contributed by atoms with Gasteiger partial charge in [-0.1, -0.05) is 95.8 Å². The van der Waals surface area contributed by atoms with E-state index in [-0.39, 0.29) is 12.1 Å². The van der Waals surface area contributed by atoms with Crippen LogP contribution < -0.4 is 0 Å². The number of nitrogens with zero attached hydrogens (tertiary/aromatic N) is 1. The fourth-order valence-corrected chi connectivity index (χ4v) is 5.49. The molecular weight excluding hydrogens is 514 g/mol. The maximum absolute atomic E-state index is 13.0. The van der Waals surface area contributed by atoms with Crippen LogP contribution in [0.1, 0.15) is 175 Å². The molecule has 1 unspecified atom stereocenters. The van der Waals surface area contributed by atoms with Crippen LogP contribution in [0.4, 0.5) is 0 Å². The summed E-state index contributed by atoms with van der Waals surface area (Å²) in [6.45, 7) is 7.82. The molecule has 0 bridgehead atoms. The lowest BCUT2D eigenvalue weighted by Gasteiger charge is -2.27. The first-order valence-electron chi connectivity index (χ1n) is 18.3. The summed E-state index contributed by atoms with van der Waals surface area (Å²) in [6.07, 6.45) is 42.3. The Morgan fingerprint density at radius 1 is 0.548 bits per heavy atom. The number of ether oxygens (including phenoxy) is 1. The van der Waals surface area contributed by atoms with Gasteiger partial charge < -0.3 is 9.64 Å². The molecule has 0 amide bonds. The molecule has 0 heterocycles. The first kappa shape index (κ1) is 40.6. The average molecular weight is 588 g/mol. The van der Waals surface area contributed by atoms with Gasteiger partial charge in [0.2, 0.25) is 0 Å². The van der Waals surface area contributed by atoms with Crippen LogP contribution in [0.25, 0.3) is 0 Å². The Kier molecular flexibility index (Phi) is 31.5. The summed E-state index contributed by atoms with van der Waals surface area (Å²) >= 11 is 0. The molecule has 0 aromatic heterocycles. The fourth-order valence-electron chi connectivity index (χ4n) is 5.49. The van der Waals surface area contributed by atoms with Gasteiger partial charge in [0.15, 0.2) is 0 Å². The van der Waals surface area contributed by atoms with Crippen molar-refractivity contribution in [2.75, 3.05) is 20.6 Å². The summed E-state index contributed by atoms with van der Waals surface area (Å²) in [5.41, 5.74) is 0. The number of hydrogen-bond donors (Lipinski definition) is 0. The minimum Gasteiger partial charge on any atom is -0.462 e. The van der Waals surface area contributed by atoms with Crippen molar-refractivity contribution < 1.29 is 9.53 Å². The Hall–Kier alpha value is -1.35. The van der Waals surface area contributed by atoms with Gasteiger partial charge in [0.25, 0.3) is 0 Å². The smallest absolute Gasteiger partial charge is 0.306 e. The molecular formula is C39H73NO2. The Balaban J connectivity index is 5.12. The maximum atomic E-state index is 13.0. The van der Waals surface area contributed by atoms with Crippen molar-refractivity contribution in [2.24, 2.45) is 5.92 Å². The zero-order valence-corrected chi connectivity index (χ0v) is 29.1. The molecule has 0 aliphatic heterocycles. The maximum Gasteiger partial charge on any atom is 0.306 e. The summed E-state index contributed by atoms with van der Waals surface area (Å²) in [6, 6.07) is 0. The van der Waals surface area contributed by atoms with Gasteiger partial charge in [0.1, 0.15) is 6.10 Å². The summed E-state index contributed by atoms with van der Waals surface area (Å²) < 4.78 is 6.32. The van der Waals surface area contributed by atoms with E-state index in [1.807, 2.05) is 0 Å². The van der Waals surface area contributed by atoms with Crippen LogP contribution in [0.3, 0.4) is 0 Å². The number of carbonyl (C=O) groups is 1. The summed E-state index contributed by atoms with van der Waals surface area (Å²) in [4.78, 5) is 15.2. The first-order valence-corrected chi connectivity index (χ1v) is 18.3. The van der Waals surface area contributed by atoms with Gasteiger partial charge in [-0.15, -0.1) is 0 Å². The highest BCUT2D eigenvalue weighted by molar-refractivity contribution is 5.69. The summed E-state index contributed by atoms with van der Waals surface area (Å²) in [5.74, 6) is 0.493. The largest absolute Gasteiger partial charge is 0.462 e. The van der Waals surface area contributed by atoms with Crippen molar-refractivity contribution >= 4 is 5.97 Å². The van der Waals surface area contributed by atoms with Crippen molar-refractivity contribution in [2.45, 2.75) is 181 Å². The first-order chi connectivity index (χ1) is 20.5. The van der Waals surface area contributed by atoms with Crippen molar-refractivity contribution in [3.8, 4) is 0 Å². The highest BCUT2D eigenvalue weighted by atomic mass is 16.5. The molecule has 0 fully saturated rings. The fraction of sp³-hybridized carbons (Fsp3) is 0.821. The van der Waals surface area contributed by atoms with E-state index in [2.05, 4.69) is 76.2 Å². The van der Waals surface area contributed by atoms with E-state index < -0.39 is 0 Å². The molecule has 0 aliphatic carbocycles. The van der Waals surface area contributed by atoms with Crippen LogP contribution in [0, 0.1) is 5.92 Å². The van der Waals surface area contributed by atoms with Gasteiger partial charge in [0, 0.05) is 6.42 Å². The second-order valence-corrected chi connectivity index (χ2v) is 12.7. The van der Waals surface area contributed by atoms with E-state index in [1.54, 1.807) is 0 Å². The molecule has 0 rings (SSSR count). The van der Waals surface area contributed by atoms with E-state index >= 15 is 0 Å². The van der Waals surface area contributed by atoms with E-state index in [0.717, 1.165) is 64.3 Å². The van der Waals surface area contributed by atoms with Crippen LogP contribution in [0.15, 0.2) is 36.5 Å². The van der Waals surface area contributed by atoms with Crippen molar-refractivity contribution in [1.29, 1.82) is 0 Å². The normalized spacial score (nSPS) is 13.0. The molecule has 0 aliphatic rings. The lowest BCUT2D eigenvalue weighted by molar-refractivity contribution is -0.153. The lowest BCUT2D eigenvalue weighted by atomic mass is 9.87. The van der Waals surface area contributed by atoms with Crippen molar-refractivity contribution in [3.05, 3.63) is 36.5 Å². The monoisotopic (exact) mass is 588 g/mol. The van der Waals surface area contributed by atoms with Gasteiger partial charge in [0.05, 0.1) is 0 Å². The zero-order valence-electron chi connectivity index (χ0n) is 29.1. The molecule has 3 nitrogen and oxygen atoms in total. The number of esters is 1. The molecule has 3 heteroatoms. The molecule has 1 atom stereocenters. The Morgan fingerprint density at radius 2 is 1.00 bits per heavy atom. The molecule has 0 saturated heterocycles. The molecule has 0 radical (unpaired) electrons. The van der Waals surface area contributed by atoms with Crippen LogP contribution in [-0.4, -0.2) is 37.6 Å². The second kappa shape index (κ2) is 32.6. The predicted octanol–water partition coefficient (Wildman–Crippen LogP) is 12.2. The van der Waals surface area contributed by atoms with Crippen molar-refractivity contribution in [3.63, 3.8) is 0 Å². The van der Waals surface area contributed by atoms with Crippen LogP contribution in [-0.2, 0) is 9.53 Å². The quantitative estimate of drug-likeness (QED) is 0.0459. The predicted molar refractivity (Wildman–Crippen MR) is 187 cm³/mol. The molecule has 0 aromatic carbocycles. The van der Waals surface area contributed by atoms with Gasteiger partial charge in [-0.25, -0.2) is 0 Å². The Morgan fingerprint density at radius 3 is 1.48 bits per heavy atom. The molecule has 0 saturated carbocycles. The number of hydrogen-bond acceptors (Lipinski definition) is 3. The van der Waals surface area contributed by atoms with Gasteiger partial charge in [-0.2, -0.15) is 0 Å². The third kappa shape index (κ3) is 28.8. The van der Waals surface area contributed by atoms with Crippen LogP contribution in [0.2, 0.25) is 0 Å². The Labute approximate surface area is 264 Å². The molecule has 0 N–H and O–H groups in total. The minimum atomic E-state index is 0.0230. The summed E-state index contributed by atoms with van der Waals surface area (Å²) in [5, 5.41) is 0. The topological polar surface area (TPSA) is 29.5 Å². The van der Waals surface area contributed by atoms with Gasteiger partial charge >= 0.3 is 5.97 Å². The van der Waals surface area contributed by atoms with Crippen molar-refractivity contribution in [1.82, 2.24) is 4.90 Å². The van der Waals surface area contributed by atoms with E-state index in [9.17, 15) is 4.79 Å². The minimum absolute atomic E-state index is 0.0230. The number of allylic oxidation sites excluding steroid dienone is 6. The van der Waals surface area contributed by atoms with Gasteiger partial charge in [-0.3, -0.25) is 4.79 Å². The molecule has 42 heavy (non-hydrogen) atoms. The average Bonchev–Trinajstić information content (AvgIpc) is 2.97. The van der Waals surface area contributed by atoms with Crippen LogP contribution >= 0.6 is 0 Å². The number of unbranched alkanes of at least 4 members (excludes halogenated alkanes) is 13. The standard InChI is InChI=1S/C39H73NO2/c1-6-9-12-15-18-21-24-27-32-37(33-28-25-22-19-16-13-10-7-2)38(34-29-26-23-20-17-14-11-8-3)42-39(41)35-30-31-36-40(4)5/h17-22,37-38H,6-16,23-36H2,1-5H3/b20-17-,21-18-,22-19-. The molecule has 0 aromatic rings. The molecule has 246 valence electrons.